The Balaban J connectivity index is 1.34. The summed E-state index contributed by atoms with van der Waals surface area (Å²) >= 11 is 0. The fourth-order valence-electron chi connectivity index (χ4n) is 4.29. The molecule has 1 aliphatic carbocycles. The normalized spacial score (nSPS) is 12.6. The van der Waals surface area contributed by atoms with Crippen LogP contribution >= 0.6 is 0 Å². The van der Waals surface area contributed by atoms with Gasteiger partial charge in [0.1, 0.15) is 5.75 Å². The molecule has 0 saturated carbocycles. The van der Waals surface area contributed by atoms with Crippen LogP contribution in [-0.2, 0) is 20.7 Å². The molecule has 0 N–H and O–H groups in total. The molecule has 3 aromatic rings. The molecule has 0 heterocycles. The fourth-order valence-corrected chi connectivity index (χ4v) is 4.29. The number of hydrogen-bond donors (Lipinski definition) is 0. The smallest absolute Gasteiger partial charge is 0.335 e. The Morgan fingerprint density at radius 2 is 1.44 bits per heavy atom. The van der Waals surface area contributed by atoms with E-state index in [0.717, 1.165) is 24.2 Å². The van der Waals surface area contributed by atoms with E-state index in [0.29, 0.717) is 26.2 Å². The van der Waals surface area contributed by atoms with Crippen LogP contribution in [0.2, 0.25) is 0 Å². The Labute approximate surface area is 202 Å². The number of carbonyl (C=O) groups is 1. The summed E-state index contributed by atoms with van der Waals surface area (Å²) in [4.78, 5) is 12.2. The lowest BCUT2D eigenvalue weighted by molar-refractivity contribution is -0.156. The molecule has 3 aromatic carbocycles. The van der Waals surface area contributed by atoms with E-state index in [1.807, 2.05) is 31.2 Å². The molecule has 4 heteroatoms. The summed E-state index contributed by atoms with van der Waals surface area (Å²) in [7, 11) is 0. The first-order valence-corrected chi connectivity index (χ1v) is 12.1. The van der Waals surface area contributed by atoms with E-state index in [4.69, 9.17) is 14.2 Å². The highest BCUT2D eigenvalue weighted by Gasteiger charge is 2.22. The molecule has 1 atom stereocenters. The summed E-state index contributed by atoms with van der Waals surface area (Å²) in [5.74, 6) is 0.510. The lowest BCUT2D eigenvalue weighted by Crippen LogP contribution is -2.29. The van der Waals surface area contributed by atoms with Crippen molar-refractivity contribution in [1.82, 2.24) is 0 Å². The van der Waals surface area contributed by atoms with Crippen LogP contribution in [0.5, 0.6) is 5.75 Å². The number of carbonyl (C=O) groups excluding carboxylic acids is 1. The summed E-state index contributed by atoms with van der Waals surface area (Å²) < 4.78 is 16.8. The molecule has 1 aliphatic rings. The van der Waals surface area contributed by atoms with Crippen LogP contribution in [0, 0.1) is 0 Å². The van der Waals surface area contributed by atoms with Gasteiger partial charge in [-0.2, -0.15) is 0 Å². The highest BCUT2D eigenvalue weighted by molar-refractivity contribution is 6.01. The van der Waals surface area contributed by atoms with Gasteiger partial charge in [-0.25, -0.2) is 4.79 Å². The van der Waals surface area contributed by atoms with Gasteiger partial charge in [0.25, 0.3) is 0 Å². The Morgan fingerprint density at radius 3 is 2.03 bits per heavy atom. The number of rotatable bonds is 11. The standard InChI is InChI=1S/C30H32O4/c1-3-19-34-29(30(31)32-4-2)21-22-15-17-23(18-16-22)33-20-9-14-28-26-12-7-5-10-24(26)25-11-6-8-13-27(25)28/h5-8,10-18,29H,3-4,9,19-21H2,1-2H3. The molecule has 0 aliphatic heterocycles. The van der Waals surface area contributed by atoms with Crippen molar-refractivity contribution in [3.8, 4) is 16.9 Å². The summed E-state index contributed by atoms with van der Waals surface area (Å²) in [5.41, 5.74) is 7.46. The van der Waals surface area contributed by atoms with Gasteiger partial charge < -0.3 is 14.2 Å². The molecule has 0 spiro atoms. The molecule has 0 aromatic heterocycles. The summed E-state index contributed by atoms with van der Waals surface area (Å²) in [6, 6.07) is 25.0. The zero-order valence-corrected chi connectivity index (χ0v) is 20.0. The van der Waals surface area contributed by atoms with Crippen LogP contribution in [0.4, 0.5) is 0 Å². The van der Waals surface area contributed by atoms with Crippen molar-refractivity contribution in [1.29, 1.82) is 0 Å². The lowest BCUT2D eigenvalue weighted by Gasteiger charge is -2.16. The van der Waals surface area contributed by atoms with E-state index >= 15 is 0 Å². The van der Waals surface area contributed by atoms with E-state index in [-0.39, 0.29) is 5.97 Å². The first kappa shape index (κ1) is 23.8. The van der Waals surface area contributed by atoms with Crippen LogP contribution in [0.1, 0.15) is 43.4 Å². The first-order chi connectivity index (χ1) is 16.7. The third-order valence-corrected chi connectivity index (χ3v) is 5.88. The van der Waals surface area contributed by atoms with Crippen molar-refractivity contribution >= 4 is 11.5 Å². The summed E-state index contributed by atoms with van der Waals surface area (Å²) in [6.45, 7) is 5.31. The van der Waals surface area contributed by atoms with Gasteiger partial charge >= 0.3 is 5.97 Å². The number of esters is 1. The molecule has 4 nitrogen and oxygen atoms in total. The molecule has 0 saturated heterocycles. The van der Waals surface area contributed by atoms with Crippen molar-refractivity contribution in [3.63, 3.8) is 0 Å². The molecule has 0 bridgehead atoms. The van der Waals surface area contributed by atoms with Gasteiger partial charge in [-0.15, -0.1) is 0 Å². The molecular weight excluding hydrogens is 424 g/mol. The fraction of sp³-hybridized carbons (Fsp3) is 0.300. The lowest BCUT2D eigenvalue weighted by atomic mass is 10.0. The zero-order chi connectivity index (χ0) is 23.8. The molecular formula is C30H32O4. The van der Waals surface area contributed by atoms with E-state index in [2.05, 4.69) is 54.6 Å². The van der Waals surface area contributed by atoms with Crippen LogP contribution in [0.3, 0.4) is 0 Å². The second-order valence-corrected chi connectivity index (χ2v) is 8.31. The molecule has 176 valence electrons. The monoisotopic (exact) mass is 456 g/mol. The van der Waals surface area contributed by atoms with Crippen LogP contribution in [-0.4, -0.2) is 31.9 Å². The minimum Gasteiger partial charge on any atom is -0.493 e. The van der Waals surface area contributed by atoms with Gasteiger partial charge in [-0.3, -0.25) is 0 Å². The topological polar surface area (TPSA) is 44.8 Å². The average Bonchev–Trinajstić information content (AvgIpc) is 3.19. The Bertz CT molecular complexity index is 1080. The van der Waals surface area contributed by atoms with Crippen LogP contribution in [0.25, 0.3) is 16.7 Å². The van der Waals surface area contributed by atoms with Crippen molar-refractivity contribution in [3.05, 3.63) is 95.6 Å². The highest BCUT2D eigenvalue weighted by atomic mass is 16.6. The van der Waals surface area contributed by atoms with E-state index in [1.165, 1.54) is 27.8 Å². The van der Waals surface area contributed by atoms with Crippen molar-refractivity contribution in [2.75, 3.05) is 19.8 Å². The van der Waals surface area contributed by atoms with E-state index in [9.17, 15) is 4.79 Å². The Kier molecular flexibility index (Phi) is 8.16. The van der Waals surface area contributed by atoms with Crippen molar-refractivity contribution in [2.45, 2.75) is 39.2 Å². The highest BCUT2D eigenvalue weighted by Crippen LogP contribution is 2.43. The summed E-state index contributed by atoms with van der Waals surface area (Å²) in [6.07, 6.45) is 3.86. The molecule has 1 unspecified atom stereocenters. The van der Waals surface area contributed by atoms with Crippen LogP contribution in [0.15, 0.2) is 78.9 Å². The van der Waals surface area contributed by atoms with Crippen molar-refractivity contribution < 1.29 is 19.0 Å². The molecule has 0 fully saturated rings. The minimum atomic E-state index is -0.574. The summed E-state index contributed by atoms with van der Waals surface area (Å²) in [5, 5.41) is 0. The SMILES string of the molecule is CCCOC(Cc1ccc(OCCC=C2c3ccccc3-c3ccccc32)cc1)C(=O)OCC. The van der Waals surface area contributed by atoms with Gasteiger partial charge in [-0.1, -0.05) is 73.7 Å². The third-order valence-electron chi connectivity index (χ3n) is 5.88. The predicted octanol–water partition coefficient (Wildman–Crippen LogP) is 6.47. The van der Waals surface area contributed by atoms with E-state index in [1.54, 1.807) is 6.92 Å². The number of ether oxygens (including phenoxy) is 3. The van der Waals surface area contributed by atoms with Gasteiger partial charge in [-0.05, 0) is 58.9 Å². The largest absolute Gasteiger partial charge is 0.493 e. The number of hydrogen-bond acceptors (Lipinski definition) is 4. The van der Waals surface area contributed by atoms with Crippen LogP contribution < -0.4 is 4.74 Å². The van der Waals surface area contributed by atoms with Gasteiger partial charge in [0.05, 0.1) is 13.2 Å². The first-order valence-electron chi connectivity index (χ1n) is 12.1. The molecule has 4 rings (SSSR count). The van der Waals surface area contributed by atoms with Crippen molar-refractivity contribution in [2.24, 2.45) is 0 Å². The maximum Gasteiger partial charge on any atom is 0.335 e. The molecule has 0 amide bonds. The minimum absolute atomic E-state index is 0.306. The van der Waals surface area contributed by atoms with Gasteiger partial charge in [0.2, 0.25) is 0 Å². The van der Waals surface area contributed by atoms with E-state index < -0.39 is 6.10 Å². The third kappa shape index (κ3) is 5.57. The second-order valence-electron chi connectivity index (χ2n) is 8.31. The molecule has 0 radical (unpaired) electrons. The zero-order valence-electron chi connectivity index (χ0n) is 20.0. The van der Waals surface area contributed by atoms with Gasteiger partial charge in [0.15, 0.2) is 6.10 Å². The number of benzene rings is 3. The average molecular weight is 457 g/mol. The predicted molar refractivity (Wildman–Crippen MR) is 136 cm³/mol. The second kappa shape index (κ2) is 11.7. The van der Waals surface area contributed by atoms with Gasteiger partial charge in [0, 0.05) is 19.4 Å². The number of fused-ring (bicyclic) bond motifs is 3. The maximum atomic E-state index is 12.2. The Hall–Kier alpha value is -3.37. The maximum absolute atomic E-state index is 12.2. The Morgan fingerprint density at radius 1 is 0.824 bits per heavy atom. The molecule has 34 heavy (non-hydrogen) atoms. The quantitative estimate of drug-likeness (QED) is 0.192.